The molecule has 6 N–H and O–H groups in total. The highest BCUT2D eigenvalue weighted by molar-refractivity contribution is 7.53. The van der Waals surface area contributed by atoms with Gasteiger partial charge in [-0.3, -0.25) is 0 Å². The van der Waals surface area contributed by atoms with E-state index in [2.05, 4.69) is 5.50 Å². The lowest BCUT2D eigenvalue weighted by Crippen LogP contribution is -2.48. The molecule has 0 amide bonds. The Labute approximate surface area is 71.0 Å². The van der Waals surface area contributed by atoms with Crippen LogP contribution in [0.1, 0.15) is 19.8 Å². The van der Waals surface area contributed by atoms with E-state index in [1.165, 1.54) is 0 Å². The fourth-order valence-electron chi connectivity index (χ4n) is 0.204. The van der Waals surface area contributed by atoms with Crippen LogP contribution in [0.3, 0.4) is 0 Å². The largest absolute Gasteiger partial charge is 0.550 e. The lowest BCUT2D eigenvalue weighted by atomic mass is 10.4. The first-order chi connectivity index (χ1) is 5.33. The summed E-state index contributed by atoms with van der Waals surface area (Å²) in [6.45, 7) is 1.80. The van der Waals surface area contributed by atoms with Crippen molar-refractivity contribution in [3.63, 3.8) is 0 Å². The van der Waals surface area contributed by atoms with Crippen molar-refractivity contribution in [1.29, 1.82) is 0 Å². The molecule has 0 fully saturated rings. The van der Waals surface area contributed by atoms with Gasteiger partial charge in [-0.15, -0.1) is 0 Å². The van der Waals surface area contributed by atoms with Gasteiger partial charge in [-0.1, -0.05) is 13.3 Å². The van der Waals surface area contributed by atoms with Gasteiger partial charge in [-0.05, 0) is 6.42 Å². The van der Waals surface area contributed by atoms with Crippen LogP contribution in [0.5, 0.6) is 0 Å². The first kappa shape index (κ1) is 14.1. The Balaban J connectivity index is 0. The van der Waals surface area contributed by atoms with E-state index < -0.39 is 19.8 Å². The SMILES string of the molecule is CCCC(=O)[O-].NP([NH3+])(=O)CO. The number of hydrogen-bond acceptors (Lipinski definition) is 4. The number of quaternary nitrogens is 1. The van der Waals surface area contributed by atoms with Crippen molar-refractivity contribution in [2.24, 2.45) is 5.50 Å². The molecule has 6 nitrogen and oxygen atoms in total. The molecule has 0 aliphatic rings. The number of carbonyl (C=O) groups excluding carboxylic acids is 1. The Hall–Kier alpha value is -0.420. The van der Waals surface area contributed by atoms with E-state index in [0.717, 1.165) is 0 Å². The van der Waals surface area contributed by atoms with Crippen LogP contribution in [0.15, 0.2) is 0 Å². The standard InChI is InChI=1S/C4H8O2.CH7N2O2P/c1-2-3-4(5)6;2-6(3,5)1-4/h2-3H2,1H3,(H,5,6);4H,1H2,(H4,2,3,5). The van der Waals surface area contributed by atoms with Crippen LogP contribution in [-0.4, -0.2) is 17.4 Å². The summed E-state index contributed by atoms with van der Waals surface area (Å²) in [6.07, 6.45) is 0.343. The van der Waals surface area contributed by atoms with Crippen LogP contribution in [0, 0.1) is 0 Å². The molecule has 0 bridgehead atoms. The van der Waals surface area contributed by atoms with Crippen molar-refractivity contribution in [2.75, 3.05) is 6.35 Å². The van der Waals surface area contributed by atoms with Gasteiger partial charge in [0.05, 0.1) is 0 Å². The molecule has 7 heteroatoms. The molecule has 0 aliphatic heterocycles. The Kier molecular flexibility index (Phi) is 8.52. The highest BCUT2D eigenvalue weighted by atomic mass is 31.2. The molecule has 0 spiro atoms. The van der Waals surface area contributed by atoms with Crippen molar-refractivity contribution in [1.82, 2.24) is 0 Å². The molecule has 0 aliphatic carbocycles. The number of carboxylic acids is 1. The maximum Gasteiger partial charge on any atom is 0.335 e. The summed E-state index contributed by atoms with van der Waals surface area (Å²) in [4.78, 5) is 9.49. The van der Waals surface area contributed by atoms with E-state index in [0.29, 0.717) is 6.42 Å². The third kappa shape index (κ3) is 22.7. The van der Waals surface area contributed by atoms with Gasteiger partial charge in [0.1, 0.15) is 0 Å². The van der Waals surface area contributed by atoms with Crippen LogP contribution < -0.4 is 16.1 Å². The van der Waals surface area contributed by atoms with Crippen molar-refractivity contribution in [3.8, 4) is 0 Å². The van der Waals surface area contributed by atoms with Gasteiger partial charge in [-0.25, -0.2) is 10.1 Å². The van der Waals surface area contributed by atoms with Crippen molar-refractivity contribution >= 4 is 13.4 Å². The van der Waals surface area contributed by atoms with Gasteiger partial charge in [0, 0.05) is 5.97 Å². The Bertz CT molecular complexity index is 167. The predicted molar refractivity (Wildman–Crippen MR) is 41.7 cm³/mol. The highest BCUT2D eigenvalue weighted by Gasteiger charge is 2.07. The Morgan fingerprint density at radius 2 is 2.08 bits per heavy atom. The van der Waals surface area contributed by atoms with Gasteiger partial charge in [0.15, 0.2) is 6.35 Å². The van der Waals surface area contributed by atoms with E-state index in [1.54, 1.807) is 6.92 Å². The van der Waals surface area contributed by atoms with Gasteiger partial charge in [0.2, 0.25) is 0 Å². The van der Waals surface area contributed by atoms with Crippen molar-refractivity contribution in [2.45, 2.75) is 19.8 Å². The molecule has 0 aromatic rings. The summed E-state index contributed by atoms with van der Waals surface area (Å²) < 4.78 is 10.0. The van der Waals surface area contributed by atoms with Gasteiger partial charge >= 0.3 is 7.44 Å². The number of carbonyl (C=O) groups is 1. The zero-order valence-corrected chi connectivity index (χ0v) is 7.92. The molecule has 0 aromatic carbocycles. The van der Waals surface area contributed by atoms with Gasteiger partial charge < -0.3 is 20.5 Å². The second-order valence-electron chi connectivity index (χ2n) is 2.22. The minimum absolute atomic E-state index is 0.181. The van der Waals surface area contributed by atoms with E-state index in [1.807, 2.05) is 0 Å². The summed E-state index contributed by atoms with van der Waals surface area (Å²) in [7, 11) is -2.84. The second kappa shape index (κ2) is 7.24. The molecule has 0 saturated carbocycles. The van der Waals surface area contributed by atoms with E-state index in [9.17, 15) is 14.5 Å². The van der Waals surface area contributed by atoms with Crippen LogP contribution in [0.4, 0.5) is 0 Å². The summed E-state index contributed by atoms with van der Waals surface area (Å²) in [6, 6.07) is 0. The fraction of sp³-hybridized carbons (Fsp3) is 0.800. The van der Waals surface area contributed by atoms with Crippen molar-refractivity contribution < 1.29 is 25.1 Å². The van der Waals surface area contributed by atoms with E-state index >= 15 is 0 Å². The Morgan fingerprint density at radius 3 is 2.08 bits per heavy atom. The summed E-state index contributed by atoms with van der Waals surface area (Å²) >= 11 is 0. The average Bonchev–Trinajstić information content (AvgIpc) is 1.87. The minimum atomic E-state index is -2.84. The highest BCUT2D eigenvalue weighted by Crippen LogP contribution is 2.16. The number of aliphatic hydroxyl groups is 1. The molecule has 0 heterocycles. The zero-order chi connectivity index (χ0) is 10.2. The summed E-state index contributed by atoms with van der Waals surface area (Å²) in [5.41, 5.74) is 7.70. The number of carboxylic acid groups (broad SMARTS) is 1. The van der Waals surface area contributed by atoms with Crippen LogP contribution in [0.2, 0.25) is 0 Å². The molecule has 0 aromatic heterocycles. The maximum absolute atomic E-state index is 10.0. The molecule has 74 valence electrons. The molecule has 1 unspecified atom stereocenters. The van der Waals surface area contributed by atoms with E-state index in [4.69, 9.17) is 10.6 Å². The minimum Gasteiger partial charge on any atom is -0.550 e. The zero-order valence-electron chi connectivity index (χ0n) is 7.02. The fourth-order valence-corrected chi connectivity index (χ4v) is 0.204. The van der Waals surface area contributed by atoms with Crippen LogP contribution in [-0.2, 0) is 9.36 Å². The summed E-state index contributed by atoms with van der Waals surface area (Å²) in [5.74, 6) is -0.961. The van der Waals surface area contributed by atoms with Gasteiger partial charge in [-0.2, -0.15) is 0 Å². The molecular formula is C5H15N2O4P. The summed E-state index contributed by atoms with van der Waals surface area (Å²) in [5, 5.41) is 17.4. The molecule has 0 radical (unpaired) electrons. The topological polar surface area (TPSA) is 131 Å². The molecule has 12 heavy (non-hydrogen) atoms. The number of nitrogens with two attached hydrogens (primary N) is 1. The quantitative estimate of drug-likeness (QED) is 0.445. The molecule has 0 rings (SSSR count). The monoisotopic (exact) mass is 198 g/mol. The first-order valence-corrected chi connectivity index (χ1v) is 5.50. The maximum atomic E-state index is 10.0. The lowest BCUT2D eigenvalue weighted by Gasteiger charge is -1.92. The normalized spacial score (nSPS) is 14.0. The van der Waals surface area contributed by atoms with Crippen molar-refractivity contribution in [3.05, 3.63) is 0 Å². The number of aliphatic carboxylic acids is 1. The predicted octanol–water partition coefficient (Wildman–Crippen LogP) is -2.13. The second-order valence-corrected chi connectivity index (χ2v) is 4.40. The lowest BCUT2D eigenvalue weighted by molar-refractivity contribution is -0.305. The number of rotatable bonds is 3. The molecular weight excluding hydrogens is 183 g/mol. The molecule has 0 saturated heterocycles. The third-order valence-electron chi connectivity index (χ3n) is 0.694. The first-order valence-electron chi connectivity index (χ1n) is 3.36. The smallest absolute Gasteiger partial charge is 0.335 e. The Morgan fingerprint density at radius 1 is 1.75 bits per heavy atom. The third-order valence-corrected chi connectivity index (χ3v) is 1.17. The van der Waals surface area contributed by atoms with Crippen LogP contribution >= 0.6 is 7.44 Å². The van der Waals surface area contributed by atoms with E-state index in [-0.39, 0.29) is 6.42 Å². The van der Waals surface area contributed by atoms with Crippen LogP contribution in [0.25, 0.3) is 0 Å². The number of aliphatic hydroxyl groups excluding tert-OH is 1. The number of hydrogen-bond donors (Lipinski definition) is 3. The van der Waals surface area contributed by atoms with Gasteiger partial charge in [0.25, 0.3) is 0 Å². The average molecular weight is 198 g/mol. The molecule has 1 atom stereocenters.